The Labute approximate surface area is 184 Å². The van der Waals surface area contributed by atoms with Crippen LogP contribution in [-0.4, -0.2) is 30.8 Å². The molecule has 0 saturated heterocycles. The zero-order valence-corrected chi connectivity index (χ0v) is 17.0. The Morgan fingerprint density at radius 3 is 2.56 bits per heavy atom. The number of carbonyl (C=O) groups is 1. The molecule has 1 aliphatic heterocycles. The zero-order valence-electron chi connectivity index (χ0n) is 17.0. The predicted octanol–water partition coefficient (Wildman–Crippen LogP) is 3.83. The highest BCUT2D eigenvalue weighted by atomic mass is 16.3. The molecular weight excluding hydrogens is 404 g/mol. The summed E-state index contributed by atoms with van der Waals surface area (Å²) in [5.74, 6) is 0.241. The Morgan fingerprint density at radius 1 is 1.06 bits per heavy atom. The number of amides is 1. The molecule has 3 heterocycles. The maximum Gasteiger partial charge on any atom is 0.236 e. The molecule has 0 bridgehead atoms. The second-order valence-electron chi connectivity index (χ2n) is 7.46. The van der Waals surface area contributed by atoms with E-state index in [0.29, 0.717) is 23.2 Å². The standard InChI is InChI=1S/C24H20N6O2/c1-15-20(23(32)27-18-8-5-13-25-14-18)21(16-9-11-19(31)12-10-16)30-24(26-15)28-22(29-30)17-6-3-2-4-7-17/h2-14,20-21,31H,1H2,(H,27,32)(H,26,28,29). The van der Waals surface area contributed by atoms with Gasteiger partial charge in [-0.05, 0) is 29.8 Å². The van der Waals surface area contributed by atoms with E-state index in [-0.39, 0.29) is 11.7 Å². The summed E-state index contributed by atoms with van der Waals surface area (Å²) in [5, 5.41) is 20.6. The van der Waals surface area contributed by atoms with E-state index in [2.05, 4.69) is 27.2 Å². The van der Waals surface area contributed by atoms with Crippen LogP contribution in [0.3, 0.4) is 0 Å². The normalized spacial score (nSPS) is 17.3. The molecule has 5 rings (SSSR count). The van der Waals surface area contributed by atoms with Crippen LogP contribution in [0.4, 0.5) is 11.6 Å². The molecule has 2 aromatic heterocycles. The number of aromatic hydroxyl groups is 1. The van der Waals surface area contributed by atoms with E-state index in [1.54, 1.807) is 53.5 Å². The number of anilines is 2. The van der Waals surface area contributed by atoms with Crippen molar-refractivity contribution in [3.05, 3.63) is 97.0 Å². The van der Waals surface area contributed by atoms with E-state index < -0.39 is 12.0 Å². The number of benzene rings is 2. The number of phenolic OH excluding ortho intramolecular Hbond substituents is 1. The van der Waals surface area contributed by atoms with Gasteiger partial charge in [0.1, 0.15) is 11.7 Å². The number of nitrogens with one attached hydrogen (secondary N) is 2. The van der Waals surface area contributed by atoms with Gasteiger partial charge in [-0.2, -0.15) is 4.98 Å². The van der Waals surface area contributed by atoms with Crippen LogP contribution in [-0.2, 0) is 4.79 Å². The maximum atomic E-state index is 13.4. The number of hydrogen-bond donors (Lipinski definition) is 3. The van der Waals surface area contributed by atoms with Crippen LogP contribution in [0, 0.1) is 5.92 Å². The lowest BCUT2D eigenvalue weighted by molar-refractivity contribution is -0.119. The van der Waals surface area contributed by atoms with Gasteiger partial charge in [-0.15, -0.1) is 5.10 Å². The second-order valence-corrected chi connectivity index (χ2v) is 7.46. The number of nitrogens with zero attached hydrogens (tertiary/aromatic N) is 4. The highest BCUT2D eigenvalue weighted by Gasteiger charge is 2.40. The summed E-state index contributed by atoms with van der Waals surface area (Å²) in [4.78, 5) is 22.0. The van der Waals surface area contributed by atoms with E-state index in [1.165, 1.54) is 0 Å². The molecule has 2 aromatic carbocycles. The molecule has 0 fully saturated rings. The third kappa shape index (κ3) is 3.58. The largest absolute Gasteiger partial charge is 0.508 e. The molecule has 1 amide bonds. The molecule has 8 nitrogen and oxygen atoms in total. The lowest BCUT2D eigenvalue weighted by atomic mass is 9.88. The average molecular weight is 424 g/mol. The average Bonchev–Trinajstić information content (AvgIpc) is 3.23. The molecule has 32 heavy (non-hydrogen) atoms. The van der Waals surface area contributed by atoms with Crippen molar-refractivity contribution >= 4 is 17.5 Å². The fourth-order valence-corrected chi connectivity index (χ4v) is 3.83. The molecule has 2 unspecified atom stereocenters. The van der Waals surface area contributed by atoms with Crippen LogP contribution in [0.5, 0.6) is 5.75 Å². The summed E-state index contributed by atoms with van der Waals surface area (Å²) in [6.07, 6.45) is 3.23. The van der Waals surface area contributed by atoms with Crippen molar-refractivity contribution in [3.8, 4) is 17.1 Å². The van der Waals surface area contributed by atoms with Crippen LogP contribution in [0.15, 0.2) is 91.4 Å². The van der Waals surface area contributed by atoms with Crippen molar-refractivity contribution in [3.63, 3.8) is 0 Å². The first-order valence-corrected chi connectivity index (χ1v) is 10.1. The summed E-state index contributed by atoms with van der Waals surface area (Å²) in [6, 6.07) is 19.4. The number of pyridine rings is 1. The van der Waals surface area contributed by atoms with Crippen molar-refractivity contribution in [1.29, 1.82) is 0 Å². The Hall–Kier alpha value is -4.46. The van der Waals surface area contributed by atoms with Crippen LogP contribution in [0.2, 0.25) is 0 Å². The molecule has 4 aromatic rings. The van der Waals surface area contributed by atoms with Crippen molar-refractivity contribution in [2.75, 3.05) is 10.6 Å². The summed E-state index contributed by atoms with van der Waals surface area (Å²) >= 11 is 0. The van der Waals surface area contributed by atoms with Gasteiger partial charge in [-0.25, -0.2) is 4.68 Å². The number of phenols is 1. The monoisotopic (exact) mass is 424 g/mol. The van der Waals surface area contributed by atoms with Gasteiger partial charge in [0, 0.05) is 17.5 Å². The Bertz CT molecular complexity index is 1270. The van der Waals surface area contributed by atoms with Crippen molar-refractivity contribution < 1.29 is 9.90 Å². The highest BCUT2D eigenvalue weighted by Crippen LogP contribution is 2.39. The molecule has 0 saturated carbocycles. The van der Waals surface area contributed by atoms with Crippen molar-refractivity contribution in [1.82, 2.24) is 19.7 Å². The van der Waals surface area contributed by atoms with E-state index >= 15 is 0 Å². The summed E-state index contributed by atoms with van der Waals surface area (Å²) in [7, 11) is 0. The quantitative estimate of drug-likeness (QED) is 0.460. The topological polar surface area (TPSA) is 105 Å². The van der Waals surface area contributed by atoms with Gasteiger partial charge in [0.25, 0.3) is 0 Å². The minimum Gasteiger partial charge on any atom is -0.508 e. The second kappa shape index (κ2) is 7.99. The molecule has 1 aliphatic rings. The first-order valence-electron chi connectivity index (χ1n) is 10.1. The predicted molar refractivity (Wildman–Crippen MR) is 121 cm³/mol. The van der Waals surface area contributed by atoms with Gasteiger partial charge in [-0.3, -0.25) is 9.78 Å². The van der Waals surface area contributed by atoms with E-state index in [9.17, 15) is 9.90 Å². The van der Waals surface area contributed by atoms with Crippen LogP contribution in [0.25, 0.3) is 11.4 Å². The number of hydrogen-bond acceptors (Lipinski definition) is 6. The van der Waals surface area contributed by atoms with Gasteiger partial charge in [0.05, 0.1) is 17.9 Å². The fourth-order valence-electron chi connectivity index (χ4n) is 3.83. The molecule has 0 radical (unpaired) electrons. The summed E-state index contributed by atoms with van der Waals surface area (Å²) in [6.45, 7) is 4.11. The Balaban J connectivity index is 1.59. The highest BCUT2D eigenvalue weighted by molar-refractivity contribution is 5.95. The van der Waals surface area contributed by atoms with E-state index in [4.69, 9.17) is 5.10 Å². The molecular formula is C24H20N6O2. The van der Waals surface area contributed by atoms with Crippen LogP contribution in [0.1, 0.15) is 11.6 Å². The number of aromatic nitrogens is 4. The number of fused-ring (bicyclic) bond motifs is 1. The Kier molecular flexibility index (Phi) is 4.87. The first kappa shape index (κ1) is 19.5. The molecule has 158 valence electrons. The third-order valence-electron chi connectivity index (χ3n) is 5.34. The molecule has 8 heteroatoms. The van der Waals surface area contributed by atoms with Crippen molar-refractivity contribution in [2.45, 2.75) is 6.04 Å². The minimum atomic E-state index is -0.683. The maximum absolute atomic E-state index is 13.4. The zero-order chi connectivity index (χ0) is 22.1. The van der Waals surface area contributed by atoms with Gasteiger partial charge in [0.2, 0.25) is 11.9 Å². The van der Waals surface area contributed by atoms with Gasteiger partial charge in [0.15, 0.2) is 5.82 Å². The molecule has 0 spiro atoms. The number of carbonyl (C=O) groups excluding carboxylic acids is 1. The van der Waals surface area contributed by atoms with Crippen LogP contribution < -0.4 is 10.6 Å². The number of rotatable bonds is 4. The molecule has 2 atom stereocenters. The van der Waals surface area contributed by atoms with Gasteiger partial charge >= 0.3 is 0 Å². The van der Waals surface area contributed by atoms with Crippen LogP contribution >= 0.6 is 0 Å². The van der Waals surface area contributed by atoms with E-state index in [0.717, 1.165) is 11.1 Å². The Morgan fingerprint density at radius 2 is 1.84 bits per heavy atom. The van der Waals surface area contributed by atoms with Gasteiger partial charge < -0.3 is 15.7 Å². The minimum absolute atomic E-state index is 0.140. The SMILES string of the molecule is C=C1Nc2nc(-c3ccccc3)nn2C(c2ccc(O)cc2)C1C(=O)Nc1cccnc1. The van der Waals surface area contributed by atoms with Crippen molar-refractivity contribution in [2.24, 2.45) is 5.92 Å². The lowest BCUT2D eigenvalue weighted by Gasteiger charge is -2.33. The first-order chi connectivity index (χ1) is 15.6. The lowest BCUT2D eigenvalue weighted by Crippen LogP contribution is -2.39. The third-order valence-corrected chi connectivity index (χ3v) is 5.34. The van der Waals surface area contributed by atoms with E-state index in [1.807, 2.05) is 30.3 Å². The summed E-state index contributed by atoms with van der Waals surface area (Å²) < 4.78 is 1.71. The smallest absolute Gasteiger partial charge is 0.236 e. The van der Waals surface area contributed by atoms with Gasteiger partial charge in [-0.1, -0.05) is 49.0 Å². The fraction of sp³-hybridized carbons (Fsp3) is 0.0833. The molecule has 3 N–H and O–H groups in total. The molecule has 0 aliphatic carbocycles. The summed E-state index contributed by atoms with van der Waals surface area (Å²) in [5.41, 5.74) is 2.75.